The van der Waals surface area contributed by atoms with Gasteiger partial charge < -0.3 is 15.3 Å². The van der Waals surface area contributed by atoms with E-state index in [-0.39, 0.29) is 12.1 Å². The van der Waals surface area contributed by atoms with E-state index in [1.54, 1.807) is 11.8 Å². The van der Waals surface area contributed by atoms with Crippen molar-refractivity contribution in [3.05, 3.63) is 0 Å². The van der Waals surface area contributed by atoms with Crippen LogP contribution < -0.4 is 5.32 Å². The zero-order chi connectivity index (χ0) is 14.6. The van der Waals surface area contributed by atoms with Crippen molar-refractivity contribution in [3.8, 4) is 0 Å². The number of nitrogens with one attached hydrogen (secondary N) is 1. The highest BCUT2D eigenvalue weighted by Crippen LogP contribution is 2.25. The van der Waals surface area contributed by atoms with Crippen LogP contribution in [0, 0.1) is 0 Å². The van der Waals surface area contributed by atoms with Crippen LogP contribution in [0.15, 0.2) is 0 Å². The highest BCUT2D eigenvalue weighted by atomic mass is 32.2. The normalized spacial score (nSPS) is 26.6. The largest absolute Gasteiger partial charge is 0.480 e. The molecule has 1 rings (SSSR count). The maximum absolute atomic E-state index is 12.3. The molecule has 1 aliphatic rings. The Morgan fingerprint density at radius 3 is 2.63 bits per heavy atom. The van der Waals surface area contributed by atoms with Crippen LogP contribution in [0.4, 0.5) is 4.79 Å². The van der Waals surface area contributed by atoms with Crippen LogP contribution in [-0.2, 0) is 4.79 Å². The topological polar surface area (TPSA) is 69.6 Å². The standard InChI is InChI=1S/C13H24N2O3S/c1-5-6-13(4,11(16)17)14-12(18)15-7-8-19-10(3)9(15)2/h9-10H,5-8H2,1-4H3,(H,14,18)(H,16,17). The van der Waals surface area contributed by atoms with Gasteiger partial charge in [0, 0.05) is 23.6 Å². The molecule has 0 radical (unpaired) electrons. The van der Waals surface area contributed by atoms with E-state index < -0.39 is 11.5 Å². The lowest BCUT2D eigenvalue weighted by molar-refractivity contribution is -0.144. The molecule has 2 amide bonds. The molecule has 0 bridgehead atoms. The lowest BCUT2D eigenvalue weighted by Crippen LogP contribution is -2.59. The quantitative estimate of drug-likeness (QED) is 0.832. The van der Waals surface area contributed by atoms with Crippen LogP contribution in [0.1, 0.15) is 40.5 Å². The minimum Gasteiger partial charge on any atom is -0.480 e. The predicted molar refractivity (Wildman–Crippen MR) is 77.6 cm³/mol. The number of thioether (sulfide) groups is 1. The number of rotatable bonds is 4. The molecular weight excluding hydrogens is 264 g/mol. The van der Waals surface area contributed by atoms with E-state index in [1.807, 2.05) is 25.6 Å². The number of carboxylic acid groups (broad SMARTS) is 1. The Bertz CT molecular complexity index is 351. The highest BCUT2D eigenvalue weighted by Gasteiger charge is 2.37. The summed E-state index contributed by atoms with van der Waals surface area (Å²) in [7, 11) is 0. The molecule has 0 spiro atoms. The monoisotopic (exact) mass is 288 g/mol. The van der Waals surface area contributed by atoms with Gasteiger partial charge in [0.05, 0.1) is 0 Å². The molecule has 0 saturated carbocycles. The summed E-state index contributed by atoms with van der Waals surface area (Å²) >= 11 is 1.84. The van der Waals surface area contributed by atoms with Crippen molar-refractivity contribution < 1.29 is 14.7 Å². The third-order valence-corrected chi connectivity index (χ3v) is 5.09. The third-order valence-electron chi connectivity index (χ3n) is 3.75. The van der Waals surface area contributed by atoms with E-state index in [1.165, 1.54) is 0 Å². The first-order chi connectivity index (χ1) is 8.81. The second kappa shape index (κ2) is 6.50. The summed E-state index contributed by atoms with van der Waals surface area (Å²) in [4.78, 5) is 25.4. The van der Waals surface area contributed by atoms with Crippen LogP contribution in [0.5, 0.6) is 0 Å². The van der Waals surface area contributed by atoms with Gasteiger partial charge in [-0.05, 0) is 20.3 Å². The molecule has 19 heavy (non-hydrogen) atoms. The molecule has 110 valence electrons. The molecule has 1 saturated heterocycles. The number of aliphatic carboxylic acids is 1. The average molecular weight is 288 g/mol. The Balaban J connectivity index is 2.74. The Morgan fingerprint density at radius 1 is 1.47 bits per heavy atom. The lowest BCUT2D eigenvalue weighted by atomic mass is 9.96. The number of nitrogens with zero attached hydrogens (tertiary/aromatic N) is 1. The van der Waals surface area contributed by atoms with Crippen LogP contribution in [-0.4, -0.2) is 51.1 Å². The van der Waals surface area contributed by atoms with Gasteiger partial charge in [-0.1, -0.05) is 20.3 Å². The molecule has 0 aromatic rings. The summed E-state index contributed by atoms with van der Waals surface area (Å²) in [6.07, 6.45) is 1.14. The van der Waals surface area contributed by atoms with Crippen molar-refractivity contribution in [3.63, 3.8) is 0 Å². The second-order valence-corrected chi connectivity index (χ2v) is 6.81. The maximum Gasteiger partial charge on any atom is 0.329 e. The molecule has 1 heterocycles. The fourth-order valence-electron chi connectivity index (χ4n) is 2.25. The molecule has 0 aromatic carbocycles. The molecule has 3 unspecified atom stereocenters. The summed E-state index contributed by atoms with van der Waals surface area (Å²) in [6.45, 7) is 8.26. The summed E-state index contributed by atoms with van der Waals surface area (Å²) < 4.78 is 0. The maximum atomic E-state index is 12.3. The number of urea groups is 1. The minimum absolute atomic E-state index is 0.124. The van der Waals surface area contributed by atoms with Gasteiger partial charge >= 0.3 is 12.0 Å². The molecule has 0 aliphatic carbocycles. The predicted octanol–water partition coefficient (Wildman–Crippen LogP) is 2.17. The first-order valence-corrected chi connectivity index (χ1v) is 7.80. The number of hydrogen-bond donors (Lipinski definition) is 2. The van der Waals surface area contributed by atoms with Crippen LogP contribution >= 0.6 is 11.8 Å². The molecule has 1 aliphatic heterocycles. The smallest absolute Gasteiger partial charge is 0.329 e. The average Bonchev–Trinajstić information content (AvgIpc) is 2.32. The molecule has 5 nitrogen and oxygen atoms in total. The van der Waals surface area contributed by atoms with Gasteiger partial charge in [-0.2, -0.15) is 11.8 Å². The number of hydrogen-bond acceptors (Lipinski definition) is 3. The number of amides is 2. The van der Waals surface area contributed by atoms with Crippen molar-refractivity contribution in [2.75, 3.05) is 12.3 Å². The van der Waals surface area contributed by atoms with Gasteiger partial charge in [0.1, 0.15) is 5.54 Å². The third kappa shape index (κ3) is 3.78. The zero-order valence-corrected chi connectivity index (χ0v) is 12.9. The van der Waals surface area contributed by atoms with Gasteiger partial charge in [0.25, 0.3) is 0 Å². The van der Waals surface area contributed by atoms with Crippen molar-refractivity contribution in [1.29, 1.82) is 0 Å². The van der Waals surface area contributed by atoms with Crippen LogP contribution in [0.25, 0.3) is 0 Å². The van der Waals surface area contributed by atoms with Crippen molar-refractivity contribution in [2.45, 2.75) is 57.4 Å². The van der Waals surface area contributed by atoms with E-state index in [2.05, 4.69) is 12.2 Å². The van der Waals surface area contributed by atoms with Gasteiger partial charge in [0.2, 0.25) is 0 Å². The van der Waals surface area contributed by atoms with Gasteiger partial charge in [-0.15, -0.1) is 0 Å². The van der Waals surface area contributed by atoms with E-state index in [0.29, 0.717) is 24.6 Å². The SMILES string of the molecule is CCCC(C)(NC(=O)N1CCSC(C)C1C)C(=O)O. The Kier molecular flexibility index (Phi) is 5.52. The zero-order valence-electron chi connectivity index (χ0n) is 12.1. The molecule has 3 atom stereocenters. The summed E-state index contributed by atoms with van der Waals surface area (Å²) in [5, 5.41) is 12.4. The number of carbonyl (C=O) groups excluding carboxylic acids is 1. The fourth-order valence-corrected chi connectivity index (χ4v) is 3.35. The first kappa shape index (κ1) is 16.1. The molecule has 0 aromatic heterocycles. The van der Waals surface area contributed by atoms with Gasteiger partial charge in [-0.25, -0.2) is 9.59 Å². The summed E-state index contributed by atoms with van der Waals surface area (Å²) in [6, 6.07) is -0.142. The minimum atomic E-state index is -1.18. The van der Waals surface area contributed by atoms with Gasteiger partial charge in [0.15, 0.2) is 0 Å². The Labute approximate surface area is 119 Å². The van der Waals surface area contributed by atoms with Crippen molar-refractivity contribution in [2.24, 2.45) is 0 Å². The van der Waals surface area contributed by atoms with Gasteiger partial charge in [-0.3, -0.25) is 0 Å². The summed E-state index contributed by atoms with van der Waals surface area (Å²) in [5.41, 5.74) is -1.18. The second-order valence-electron chi connectivity index (χ2n) is 5.33. The molecule has 2 N–H and O–H groups in total. The number of carbonyl (C=O) groups is 2. The Hall–Kier alpha value is -0.910. The highest BCUT2D eigenvalue weighted by molar-refractivity contribution is 8.00. The lowest BCUT2D eigenvalue weighted by Gasteiger charge is -2.39. The number of carboxylic acids is 1. The first-order valence-electron chi connectivity index (χ1n) is 6.75. The van der Waals surface area contributed by atoms with Crippen LogP contribution in [0.3, 0.4) is 0 Å². The molecule has 1 fully saturated rings. The fraction of sp³-hybridized carbons (Fsp3) is 0.846. The summed E-state index contributed by atoms with van der Waals surface area (Å²) in [5.74, 6) is -0.0778. The molecule has 6 heteroatoms. The van der Waals surface area contributed by atoms with Crippen molar-refractivity contribution >= 4 is 23.8 Å². The van der Waals surface area contributed by atoms with E-state index in [4.69, 9.17) is 0 Å². The van der Waals surface area contributed by atoms with Crippen LogP contribution in [0.2, 0.25) is 0 Å². The van der Waals surface area contributed by atoms with E-state index >= 15 is 0 Å². The van der Waals surface area contributed by atoms with E-state index in [9.17, 15) is 14.7 Å². The Morgan fingerprint density at radius 2 is 2.11 bits per heavy atom. The van der Waals surface area contributed by atoms with E-state index in [0.717, 1.165) is 5.75 Å². The van der Waals surface area contributed by atoms with Crippen molar-refractivity contribution in [1.82, 2.24) is 10.2 Å². The molecular formula is C13H24N2O3S.